The van der Waals surface area contributed by atoms with Gasteiger partial charge in [0.1, 0.15) is 0 Å². The number of nitrogens with zero attached hydrogens (tertiary/aromatic N) is 1. The summed E-state index contributed by atoms with van der Waals surface area (Å²) in [6, 6.07) is 16.5. The summed E-state index contributed by atoms with van der Waals surface area (Å²) in [5.74, 6) is -2.77. The van der Waals surface area contributed by atoms with Gasteiger partial charge in [0.2, 0.25) is 12.2 Å². The van der Waals surface area contributed by atoms with E-state index < -0.39 is 23.8 Å². The van der Waals surface area contributed by atoms with Crippen molar-refractivity contribution in [2.24, 2.45) is 0 Å². The average molecular weight is 385 g/mol. The van der Waals surface area contributed by atoms with E-state index in [4.69, 9.17) is 14.3 Å². The molecule has 0 aliphatic carbocycles. The molecular formula is C21H23NO6. The van der Waals surface area contributed by atoms with Gasteiger partial charge in [0.05, 0.1) is 12.7 Å². The molecule has 0 aliphatic heterocycles. The van der Waals surface area contributed by atoms with Crippen LogP contribution in [0, 0.1) is 0 Å². The van der Waals surface area contributed by atoms with Gasteiger partial charge in [-0.05, 0) is 17.7 Å². The molecule has 7 nitrogen and oxygen atoms in total. The van der Waals surface area contributed by atoms with Crippen molar-refractivity contribution in [2.45, 2.75) is 32.1 Å². The van der Waals surface area contributed by atoms with E-state index in [9.17, 15) is 14.4 Å². The average Bonchev–Trinajstić information content (AvgIpc) is 2.71. The van der Waals surface area contributed by atoms with Gasteiger partial charge >= 0.3 is 11.9 Å². The Hall–Kier alpha value is -3.19. The molecule has 1 unspecified atom stereocenters. The van der Waals surface area contributed by atoms with Crippen LogP contribution in [0.4, 0.5) is 0 Å². The topological polar surface area (TPSA) is 82.1 Å². The molecule has 0 saturated carbocycles. The molecule has 0 fully saturated rings. The summed E-state index contributed by atoms with van der Waals surface area (Å²) >= 11 is 0. The lowest BCUT2D eigenvalue weighted by atomic mass is 10.1. The molecule has 0 N–H and O–H groups in total. The first-order valence-electron chi connectivity index (χ1n) is 8.69. The SMILES string of the molecule is COC(=O)C(Cc1ccccc1)N(C=O)OC(C)(C)OC(=O)c1ccccc1. The van der Waals surface area contributed by atoms with Gasteiger partial charge in [-0.1, -0.05) is 48.5 Å². The van der Waals surface area contributed by atoms with Crippen LogP contribution in [-0.2, 0) is 30.3 Å². The Labute approximate surface area is 163 Å². The number of amides is 1. The Morgan fingerprint density at radius 3 is 2.14 bits per heavy atom. The third-order valence-corrected chi connectivity index (χ3v) is 3.83. The van der Waals surface area contributed by atoms with E-state index in [1.807, 2.05) is 30.3 Å². The summed E-state index contributed by atoms with van der Waals surface area (Å²) in [7, 11) is 1.23. The summed E-state index contributed by atoms with van der Waals surface area (Å²) in [6.07, 6.45) is 0.539. The molecule has 0 aliphatic rings. The predicted molar refractivity (Wildman–Crippen MR) is 101 cm³/mol. The predicted octanol–water partition coefficient (Wildman–Crippen LogP) is 2.75. The molecule has 7 heteroatoms. The maximum absolute atomic E-state index is 12.3. The molecule has 1 atom stereocenters. The second-order valence-electron chi connectivity index (χ2n) is 6.44. The Kier molecular flexibility index (Phi) is 7.28. The molecule has 0 heterocycles. The number of hydroxylamine groups is 2. The highest BCUT2D eigenvalue weighted by atomic mass is 16.8. The molecule has 148 valence electrons. The van der Waals surface area contributed by atoms with E-state index in [-0.39, 0.29) is 6.42 Å². The van der Waals surface area contributed by atoms with E-state index in [0.717, 1.165) is 10.6 Å². The second-order valence-corrected chi connectivity index (χ2v) is 6.44. The Balaban J connectivity index is 2.14. The zero-order valence-corrected chi connectivity index (χ0v) is 16.0. The fourth-order valence-corrected chi connectivity index (χ4v) is 2.54. The molecule has 0 bridgehead atoms. The zero-order valence-electron chi connectivity index (χ0n) is 16.0. The lowest BCUT2D eigenvalue weighted by molar-refractivity contribution is -0.303. The summed E-state index contributed by atoms with van der Waals surface area (Å²) in [5, 5.41) is 0.817. The van der Waals surface area contributed by atoms with Crippen molar-refractivity contribution in [3.63, 3.8) is 0 Å². The molecule has 0 aromatic heterocycles. The van der Waals surface area contributed by atoms with E-state index >= 15 is 0 Å². The number of esters is 2. The van der Waals surface area contributed by atoms with Gasteiger partial charge < -0.3 is 9.47 Å². The van der Waals surface area contributed by atoms with Gasteiger partial charge in [0, 0.05) is 20.3 Å². The smallest absolute Gasteiger partial charge is 0.340 e. The monoisotopic (exact) mass is 385 g/mol. The quantitative estimate of drug-likeness (QED) is 0.286. The number of hydrogen-bond acceptors (Lipinski definition) is 6. The Morgan fingerprint density at radius 1 is 1.04 bits per heavy atom. The largest absolute Gasteiger partial charge is 0.467 e. The summed E-state index contributed by atoms with van der Waals surface area (Å²) < 4.78 is 10.2. The maximum Gasteiger partial charge on any atom is 0.340 e. The summed E-state index contributed by atoms with van der Waals surface area (Å²) in [6.45, 7) is 2.95. The van der Waals surface area contributed by atoms with Crippen molar-refractivity contribution in [2.75, 3.05) is 7.11 Å². The molecule has 2 rings (SSSR count). The molecule has 0 radical (unpaired) electrons. The highest BCUT2D eigenvalue weighted by Crippen LogP contribution is 2.19. The van der Waals surface area contributed by atoms with Crippen molar-refractivity contribution in [3.8, 4) is 0 Å². The molecule has 0 spiro atoms. The van der Waals surface area contributed by atoms with Crippen LogP contribution in [0.1, 0.15) is 29.8 Å². The normalized spacial score (nSPS) is 12.0. The second kappa shape index (κ2) is 9.66. The summed E-state index contributed by atoms with van der Waals surface area (Å²) in [4.78, 5) is 41.7. The van der Waals surface area contributed by atoms with Gasteiger partial charge in [-0.15, -0.1) is 0 Å². The van der Waals surface area contributed by atoms with Crippen LogP contribution in [0.2, 0.25) is 0 Å². The van der Waals surface area contributed by atoms with E-state index in [1.54, 1.807) is 30.3 Å². The van der Waals surface area contributed by atoms with Gasteiger partial charge in [-0.25, -0.2) is 19.5 Å². The van der Waals surface area contributed by atoms with E-state index in [1.165, 1.54) is 21.0 Å². The maximum atomic E-state index is 12.3. The van der Waals surface area contributed by atoms with Gasteiger partial charge in [0.15, 0.2) is 6.04 Å². The van der Waals surface area contributed by atoms with Gasteiger partial charge in [-0.3, -0.25) is 4.79 Å². The Bertz CT molecular complexity index is 791. The minimum Gasteiger partial charge on any atom is -0.467 e. The van der Waals surface area contributed by atoms with Crippen molar-refractivity contribution in [3.05, 3.63) is 71.8 Å². The molecule has 0 saturated heterocycles. The lowest BCUT2D eigenvalue weighted by Crippen LogP contribution is -2.48. The van der Waals surface area contributed by atoms with Crippen molar-refractivity contribution in [1.29, 1.82) is 0 Å². The molecule has 2 aromatic rings. The fourth-order valence-electron chi connectivity index (χ4n) is 2.54. The number of rotatable bonds is 9. The number of carbonyl (C=O) groups is 3. The number of ether oxygens (including phenoxy) is 2. The molecular weight excluding hydrogens is 362 g/mol. The minimum atomic E-state index is -1.50. The first kappa shape index (κ1) is 21.1. The molecule has 28 heavy (non-hydrogen) atoms. The minimum absolute atomic E-state index is 0.176. The van der Waals surface area contributed by atoms with Crippen LogP contribution in [0.25, 0.3) is 0 Å². The van der Waals surface area contributed by atoms with Gasteiger partial charge in [0.25, 0.3) is 0 Å². The van der Waals surface area contributed by atoms with Crippen LogP contribution < -0.4 is 0 Å². The van der Waals surface area contributed by atoms with Crippen LogP contribution in [0.3, 0.4) is 0 Å². The van der Waals surface area contributed by atoms with Gasteiger partial charge in [-0.2, -0.15) is 0 Å². The molecule has 2 aromatic carbocycles. The number of carbonyl (C=O) groups excluding carboxylic acids is 3. The van der Waals surface area contributed by atoms with Crippen LogP contribution in [0.15, 0.2) is 60.7 Å². The van der Waals surface area contributed by atoms with Crippen molar-refractivity contribution >= 4 is 18.3 Å². The molecule has 1 amide bonds. The first-order valence-corrected chi connectivity index (χ1v) is 8.69. The van der Waals surface area contributed by atoms with Crippen molar-refractivity contribution in [1.82, 2.24) is 5.06 Å². The third-order valence-electron chi connectivity index (χ3n) is 3.83. The van der Waals surface area contributed by atoms with E-state index in [0.29, 0.717) is 12.0 Å². The number of methoxy groups -OCH3 is 1. The highest BCUT2D eigenvalue weighted by Gasteiger charge is 2.34. The standard InChI is InChI=1S/C21H23NO6/c1-21(2,27-19(24)17-12-8-5-9-13-17)28-22(15-23)18(20(25)26-3)14-16-10-6-4-7-11-16/h4-13,15,18H,14H2,1-3H3. The Morgan fingerprint density at radius 2 is 1.61 bits per heavy atom. The lowest BCUT2D eigenvalue weighted by Gasteiger charge is -2.33. The fraction of sp³-hybridized carbons (Fsp3) is 0.286. The zero-order chi connectivity index (χ0) is 20.6. The van der Waals surface area contributed by atoms with Crippen molar-refractivity contribution < 1.29 is 28.7 Å². The highest BCUT2D eigenvalue weighted by molar-refractivity contribution is 5.89. The first-order chi connectivity index (χ1) is 13.4. The third kappa shape index (κ3) is 5.92. The number of hydrogen-bond donors (Lipinski definition) is 0. The number of benzene rings is 2. The van der Waals surface area contributed by atoms with E-state index in [2.05, 4.69) is 0 Å². The van der Waals surface area contributed by atoms with Crippen LogP contribution >= 0.6 is 0 Å². The van der Waals surface area contributed by atoms with Crippen LogP contribution in [0.5, 0.6) is 0 Å². The summed E-state index contributed by atoms with van der Waals surface area (Å²) in [5.41, 5.74) is 1.15. The van der Waals surface area contributed by atoms with Crippen LogP contribution in [-0.4, -0.2) is 42.4 Å².